The van der Waals surface area contributed by atoms with Crippen molar-refractivity contribution in [3.05, 3.63) is 33.8 Å². The lowest BCUT2D eigenvalue weighted by Gasteiger charge is -2.08. The van der Waals surface area contributed by atoms with Crippen molar-refractivity contribution in [3.8, 4) is 0 Å². The Morgan fingerprint density at radius 2 is 1.86 bits per heavy atom. The number of hydrogen-bond donors (Lipinski definition) is 1. The predicted molar refractivity (Wildman–Crippen MR) is 65.7 cm³/mol. The molecule has 0 spiro atoms. The fourth-order valence-corrected chi connectivity index (χ4v) is 1.29. The molecule has 0 aromatic heterocycles. The first-order chi connectivity index (χ1) is 6.09. The molecular weight excluding hydrogens is 240 g/mol. The summed E-state index contributed by atoms with van der Waals surface area (Å²) in [5.74, 6) is 0. The van der Waals surface area contributed by atoms with Crippen LogP contribution in [0.2, 0.25) is 10.0 Å². The Labute approximate surface area is 101 Å². The van der Waals surface area contributed by atoms with Crippen LogP contribution >= 0.6 is 35.6 Å². The van der Waals surface area contributed by atoms with Crippen LogP contribution < -0.4 is 5.32 Å². The molecule has 0 aliphatic carbocycles. The molecule has 14 heavy (non-hydrogen) atoms. The van der Waals surface area contributed by atoms with Crippen LogP contribution in [0, 0.1) is 0 Å². The van der Waals surface area contributed by atoms with Gasteiger partial charge >= 0.3 is 0 Å². The molecule has 0 aliphatic heterocycles. The Morgan fingerprint density at radius 3 is 2.36 bits per heavy atom. The summed E-state index contributed by atoms with van der Waals surface area (Å²) in [4.78, 5) is 0. The normalized spacial score (nSPS) is 10.1. The zero-order valence-electron chi connectivity index (χ0n) is 8.18. The van der Waals surface area contributed by atoms with E-state index in [0.29, 0.717) is 16.1 Å². The largest absolute Gasteiger partial charge is 0.310 e. The summed E-state index contributed by atoms with van der Waals surface area (Å²) in [5, 5.41) is 4.53. The van der Waals surface area contributed by atoms with Crippen LogP contribution in [-0.4, -0.2) is 6.04 Å². The van der Waals surface area contributed by atoms with Gasteiger partial charge in [-0.25, -0.2) is 0 Å². The third kappa shape index (κ3) is 4.52. The molecule has 4 heteroatoms. The minimum Gasteiger partial charge on any atom is -0.310 e. The average Bonchev–Trinajstić information content (AvgIpc) is 2.07. The topological polar surface area (TPSA) is 12.0 Å². The van der Waals surface area contributed by atoms with Gasteiger partial charge in [0.15, 0.2) is 0 Å². The van der Waals surface area contributed by atoms with E-state index in [9.17, 15) is 0 Å². The highest BCUT2D eigenvalue weighted by Crippen LogP contribution is 2.22. The lowest BCUT2D eigenvalue weighted by Crippen LogP contribution is -2.21. The molecule has 0 saturated heterocycles. The van der Waals surface area contributed by atoms with Crippen molar-refractivity contribution in [1.82, 2.24) is 5.32 Å². The highest BCUT2D eigenvalue weighted by molar-refractivity contribution is 6.42. The summed E-state index contributed by atoms with van der Waals surface area (Å²) < 4.78 is 0. The van der Waals surface area contributed by atoms with Crippen LogP contribution in [0.5, 0.6) is 0 Å². The van der Waals surface area contributed by atoms with Gasteiger partial charge in [-0.05, 0) is 17.7 Å². The molecule has 1 N–H and O–H groups in total. The summed E-state index contributed by atoms with van der Waals surface area (Å²) in [6.07, 6.45) is 0. The molecule has 1 aromatic carbocycles. The monoisotopic (exact) mass is 253 g/mol. The van der Waals surface area contributed by atoms with Gasteiger partial charge in [-0.1, -0.05) is 43.1 Å². The zero-order chi connectivity index (χ0) is 9.84. The van der Waals surface area contributed by atoms with Crippen LogP contribution in [-0.2, 0) is 6.54 Å². The van der Waals surface area contributed by atoms with Crippen molar-refractivity contribution in [2.75, 3.05) is 0 Å². The van der Waals surface area contributed by atoms with E-state index < -0.39 is 0 Å². The first-order valence-electron chi connectivity index (χ1n) is 4.27. The summed E-state index contributed by atoms with van der Waals surface area (Å²) in [6.45, 7) is 5.05. The van der Waals surface area contributed by atoms with Crippen molar-refractivity contribution in [2.24, 2.45) is 0 Å². The van der Waals surface area contributed by atoms with E-state index in [-0.39, 0.29) is 12.4 Å². The first-order valence-corrected chi connectivity index (χ1v) is 5.02. The number of hydrogen-bond acceptors (Lipinski definition) is 1. The molecule has 0 amide bonds. The Kier molecular flexibility index (Phi) is 6.54. The van der Waals surface area contributed by atoms with E-state index in [4.69, 9.17) is 23.2 Å². The Hall–Kier alpha value is 0.0500. The fraction of sp³-hybridized carbons (Fsp3) is 0.400. The third-order valence-electron chi connectivity index (χ3n) is 1.70. The smallest absolute Gasteiger partial charge is 0.0595 e. The Bertz CT molecular complexity index is 287. The minimum atomic E-state index is 0. The Morgan fingerprint density at radius 1 is 1.21 bits per heavy atom. The van der Waals surface area contributed by atoms with E-state index in [2.05, 4.69) is 19.2 Å². The Balaban J connectivity index is 0.00000169. The SMILES string of the molecule is CC(C)NCc1ccc(Cl)c(Cl)c1.Cl. The first kappa shape index (κ1) is 14.1. The maximum atomic E-state index is 5.87. The fourth-order valence-electron chi connectivity index (χ4n) is 0.972. The van der Waals surface area contributed by atoms with Gasteiger partial charge in [-0.2, -0.15) is 0 Å². The molecular formula is C10H14Cl3N. The van der Waals surface area contributed by atoms with Crippen LogP contribution in [0.1, 0.15) is 19.4 Å². The predicted octanol–water partition coefficient (Wildman–Crippen LogP) is 3.91. The van der Waals surface area contributed by atoms with E-state index in [1.165, 1.54) is 0 Å². The second-order valence-electron chi connectivity index (χ2n) is 3.28. The standard InChI is InChI=1S/C10H13Cl2N.ClH/c1-7(2)13-6-8-3-4-9(11)10(12)5-8;/h3-5,7,13H,6H2,1-2H3;1H. The van der Waals surface area contributed by atoms with Gasteiger partial charge in [0.25, 0.3) is 0 Å². The molecule has 1 rings (SSSR count). The molecule has 1 aromatic rings. The van der Waals surface area contributed by atoms with Gasteiger partial charge in [-0.3, -0.25) is 0 Å². The van der Waals surface area contributed by atoms with Gasteiger partial charge in [0, 0.05) is 12.6 Å². The quantitative estimate of drug-likeness (QED) is 0.862. The second kappa shape index (κ2) is 6.52. The molecule has 0 radical (unpaired) electrons. The van der Waals surface area contributed by atoms with Crippen LogP contribution in [0.4, 0.5) is 0 Å². The molecule has 0 heterocycles. The lowest BCUT2D eigenvalue weighted by molar-refractivity contribution is 0.589. The van der Waals surface area contributed by atoms with E-state index in [0.717, 1.165) is 12.1 Å². The summed E-state index contributed by atoms with van der Waals surface area (Å²) in [6, 6.07) is 6.17. The average molecular weight is 255 g/mol. The molecule has 0 unspecified atom stereocenters. The highest BCUT2D eigenvalue weighted by Gasteiger charge is 1.99. The maximum Gasteiger partial charge on any atom is 0.0595 e. The number of nitrogens with one attached hydrogen (secondary N) is 1. The highest BCUT2D eigenvalue weighted by atomic mass is 35.5. The van der Waals surface area contributed by atoms with Crippen LogP contribution in [0.3, 0.4) is 0 Å². The molecule has 0 atom stereocenters. The van der Waals surface area contributed by atoms with Gasteiger partial charge in [0.05, 0.1) is 10.0 Å². The van der Waals surface area contributed by atoms with Gasteiger partial charge in [0.2, 0.25) is 0 Å². The van der Waals surface area contributed by atoms with E-state index >= 15 is 0 Å². The molecule has 1 nitrogen and oxygen atoms in total. The minimum absolute atomic E-state index is 0. The third-order valence-corrected chi connectivity index (χ3v) is 2.44. The molecule has 0 fully saturated rings. The number of rotatable bonds is 3. The van der Waals surface area contributed by atoms with Gasteiger partial charge in [-0.15, -0.1) is 12.4 Å². The van der Waals surface area contributed by atoms with E-state index in [1.807, 2.05) is 18.2 Å². The van der Waals surface area contributed by atoms with E-state index in [1.54, 1.807) is 0 Å². The lowest BCUT2D eigenvalue weighted by atomic mass is 10.2. The maximum absolute atomic E-state index is 5.87. The van der Waals surface area contributed by atoms with Gasteiger partial charge in [0.1, 0.15) is 0 Å². The second-order valence-corrected chi connectivity index (χ2v) is 4.10. The number of benzene rings is 1. The molecule has 0 saturated carbocycles. The summed E-state index contributed by atoms with van der Waals surface area (Å²) in [5.41, 5.74) is 1.16. The summed E-state index contributed by atoms with van der Waals surface area (Å²) in [7, 11) is 0. The van der Waals surface area contributed by atoms with Crippen molar-refractivity contribution in [1.29, 1.82) is 0 Å². The summed E-state index contributed by atoms with van der Waals surface area (Å²) >= 11 is 11.7. The van der Waals surface area contributed by atoms with Crippen LogP contribution in [0.15, 0.2) is 18.2 Å². The van der Waals surface area contributed by atoms with Crippen molar-refractivity contribution in [3.63, 3.8) is 0 Å². The van der Waals surface area contributed by atoms with Crippen molar-refractivity contribution >= 4 is 35.6 Å². The van der Waals surface area contributed by atoms with Crippen molar-refractivity contribution < 1.29 is 0 Å². The van der Waals surface area contributed by atoms with Crippen LogP contribution in [0.25, 0.3) is 0 Å². The zero-order valence-corrected chi connectivity index (χ0v) is 10.5. The molecule has 0 bridgehead atoms. The van der Waals surface area contributed by atoms with Gasteiger partial charge < -0.3 is 5.32 Å². The molecule has 80 valence electrons. The molecule has 0 aliphatic rings. The van der Waals surface area contributed by atoms with Crippen molar-refractivity contribution in [2.45, 2.75) is 26.4 Å². The number of halogens is 3.